The average Bonchev–Trinajstić information content (AvgIpc) is 3.42. The summed E-state index contributed by atoms with van der Waals surface area (Å²) in [6.07, 6.45) is 3.51. The lowest BCUT2D eigenvalue weighted by Crippen LogP contribution is -2.41. The highest BCUT2D eigenvalue weighted by Gasteiger charge is 2.67. The number of benzene rings is 2. The van der Waals surface area contributed by atoms with Crippen molar-refractivity contribution in [1.82, 2.24) is 0 Å². The number of hydrogen-bond acceptors (Lipinski definition) is 4. The minimum Gasteiger partial charge on any atom is -0.497 e. The number of hydrogen-bond donors (Lipinski definition) is 1. The summed E-state index contributed by atoms with van der Waals surface area (Å²) in [5, 5.41) is 2.99. The van der Waals surface area contributed by atoms with Crippen molar-refractivity contribution in [2.24, 2.45) is 11.8 Å². The number of rotatable bonds is 5. The zero-order chi connectivity index (χ0) is 21.8. The molecule has 4 atom stereocenters. The summed E-state index contributed by atoms with van der Waals surface area (Å²) in [4.78, 5) is 28.4. The number of amides is 2. The number of carbonyl (C=O) groups excluding carboxylic acids is 2. The maximum absolute atomic E-state index is 13.4. The number of nitrogens with zero attached hydrogens (tertiary/aromatic N) is 1. The molecular weight excluding hydrogens is 392 g/mol. The van der Waals surface area contributed by atoms with Crippen LogP contribution in [0.15, 0.2) is 60.7 Å². The quantitative estimate of drug-likeness (QED) is 0.751. The van der Waals surface area contributed by atoms with Gasteiger partial charge in [-0.3, -0.25) is 9.59 Å². The number of fused-ring (bicyclic) bond motifs is 1. The maximum atomic E-state index is 13.4. The van der Waals surface area contributed by atoms with E-state index in [9.17, 15) is 9.59 Å². The number of methoxy groups -OCH3 is 1. The molecule has 0 aliphatic carbocycles. The summed E-state index contributed by atoms with van der Waals surface area (Å²) in [5.41, 5.74) is 1.97. The van der Waals surface area contributed by atoms with Crippen LogP contribution in [0.2, 0.25) is 0 Å². The molecule has 31 heavy (non-hydrogen) atoms. The van der Waals surface area contributed by atoms with Gasteiger partial charge >= 0.3 is 0 Å². The number of anilines is 2. The van der Waals surface area contributed by atoms with Gasteiger partial charge in [-0.1, -0.05) is 38.1 Å². The van der Waals surface area contributed by atoms with Crippen molar-refractivity contribution in [1.29, 1.82) is 0 Å². The van der Waals surface area contributed by atoms with E-state index in [4.69, 9.17) is 9.47 Å². The van der Waals surface area contributed by atoms with E-state index in [1.807, 2.05) is 60.7 Å². The van der Waals surface area contributed by atoms with Crippen LogP contribution in [-0.2, 0) is 14.3 Å². The SMILES string of the molecule is COc1ccc(N2C[C@@]34C=C[C@@H](O3)C(C(=O)Nc3ccc(C(C)C)cc3)C4C2=O)cc1. The third-order valence-electron chi connectivity index (χ3n) is 6.63. The van der Waals surface area contributed by atoms with Crippen molar-refractivity contribution in [2.45, 2.75) is 31.5 Å². The summed E-state index contributed by atoms with van der Waals surface area (Å²) in [6, 6.07) is 15.2. The molecule has 2 aromatic rings. The fourth-order valence-electron chi connectivity index (χ4n) is 4.96. The predicted octanol–water partition coefficient (Wildman–Crippen LogP) is 3.74. The van der Waals surface area contributed by atoms with Crippen LogP contribution in [0, 0.1) is 11.8 Å². The van der Waals surface area contributed by atoms with Crippen LogP contribution in [0.4, 0.5) is 11.4 Å². The molecule has 2 saturated heterocycles. The van der Waals surface area contributed by atoms with Gasteiger partial charge in [-0.2, -0.15) is 0 Å². The molecule has 2 aromatic carbocycles. The van der Waals surface area contributed by atoms with Crippen molar-refractivity contribution >= 4 is 23.2 Å². The van der Waals surface area contributed by atoms with Crippen molar-refractivity contribution in [2.75, 3.05) is 23.9 Å². The molecule has 3 aliphatic heterocycles. The molecule has 0 aromatic heterocycles. The van der Waals surface area contributed by atoms with E-state index in [1.54, 1.807) is 12.0 Å². The Hall–Kier alpha value is -3.12. The Morgan fingerprint density at radius 1 is 1.16 bits per heavy atom. The Labute approximate surface area is 181 Å². The highest BCUT2D eigenvalue weighted by atomic mass is 16.5. The Balaban J connectivity index is 1.38. The van der Waals surface area contributed by atoms with E-state index in [-0.39, 0.29) is 17.9 Å². The molecule has 2 unspecified atom stereocenters. The van der Waals surface area contributed by atoms with E-state index >= 15 is 0 Å². The Morgan fingerprint density at radius 3 is 2.52 bits per heavy atom. The first-order chi connectivity index (χ1) is 14.9. The fraction of sp³-hybridized carbons (Fsp3) is 0.360. The Kier molecular flexibility index (Phi) is 4.63. The van der Waals surface area contributed by atoms with Crippen LogP contribution in [0.25, 0.3) is 0 Å². The second-order valence-electron chi connectivity index (χ2n) is 8.79. The maximum Gasteiger partial charge on any atom is 0.234 e. The molecule has 1 spiro atoms. The third kappa shape index (κ3) is 3.13. The summed E-state index contributed by atoms with van der Waals surface area (Å²) >= 11 is 0. The first-order valence-electron chi connectivity index (χ1n) is 10.7. The van der Waals surface area contributed by atoms with Gasteiger partial charge in [-0.15, -0.1) is 0 Å². The average molecular weight is 418 g/mol. The summed E-state index contributed by atoms with van der Waals surface area (Å²) in [7, 11) is 1.61. The van der Waals surface area contributed by atoms with Gasteiger partial charge in [0.25, 0.3) is 0 Å². The van der Waals surface area contributed by atoms with Crippen LogP contribution < -0.4 is 15.0 Å². The van der Waals surface area contributed by atoms with Gasteiger partial charge in [0, 0.05) is 11.4 Å². The van der Waals surface area contributed by atoms with E-state index in [1.165, 1.54) is 5.56 Å². The molecule has 2 fully saturated rings. The molecule has 0 radical (unpaired) electrons. The molecule has 2 amide bonds. The van der Waals surface area contributed by atoms with Gasteiger partial charge in [0.05, 0.1) is 31.6 Å². The largest absolute Gasteiger partial charge is 0.497 e. The number of carbonyl (C=O) groups is 2. The standard InChI is InChI=1S/C25H26N2O4/c1-15(2)16-4-6-17(7-5-16)26-23(28)21-20-12-13-25(31-20)14-27(24(29)22(21)25)18-8-10-19(30-3)11-9-18/h4-13,15,20-22H,14H2,1-3H3,(H,26,28)/t20-,21?,22?,25-/m1/s1. The molecule has 0 saturated carbocycles. The first-order valence-corrected chi connectivity index (χ1v) is 10.7. The zero-order valence-corrected chi connectivity index (χ0v) is 17.9. The molecule has 6 heteroatoms. The van der Waals surface area contributed by atoms with E-state index in [0.717, 1.165) is 17.1 Å². The zero-order valence-electron chi connectivity index (χ0n) is 17.9. The van der Waals surface area contributed by atoms with Crippen molar-refractivity contribution in [3.05, 3.63) is 66.2 Å². The van der Waals surface area contributed by atoms with Crippen LogP contribution >= 0.6 is 0 Å². The molecular formula is C25H26N2O4. The minimum atomic E-state index is -0.745. The van der Waals surface area contributed by atoms with Gasteiger partial charge in [-0.25, -0.2) is 0 Å². The molecule has 2 bridgehead atoms. The predicted molar refractivity (Wildman–Crippen MR) is 118 cm³/mol. The molecule has 3 aliphatic rings. The fourth-order valence-corrected chi connectivity index (χ4v) is 4.96. The molecule has 6 nitrogen and oxygen atoms in total. The van der Waals surface area contributed by atoms with Gasteiger partial charge in [0.2, 0.25) is 11.8 Å². The van der Waals surface area contributed by atoms with Gasteiger partial charge in [0.1, 0.15) is 11.4 Å². The topological polar surface area (TPSA) is 67.9 Å². The van der Waals surface area contributed by atoms with E-state index in [0.29, 0.717) is 12.5 Å². The van der Waals surface area contributed by atoms with Gasteiger partial charge in [-0.05, 0) is 47.9 Å². The second-order valence-corrected chi connectivity index (χ2v) is 8.79. The Bertz CT molecular complexity index is 1040. The lowest BCUT2D eigenvalue weighted by atomic mass is 9.76. The lowest BCUT2D eigenvalue weighted by Gasteiger charge is -2.23. The Morgan fingerprint density at radius 2 is 1.87 bits per heavy atom. The normalized spacial score (nSPS) is 28.3. The lowest BCUT2D eigenvalue weighted by molar-refractivity contribution is -0.128. The van der Waals surface area contributed by atoms with Crippen LogP contribution in [-0.4, -0.2) is 37.2 Å². The summed E-state index contributed by atoms with van der Waals surface area (Å²) < 4.78 is 11.4. The highest BCUT2D eigenvalue weighted by molar-refractivity contribution is 6.05. The minimum absolute atomic E-state index is 0.0766. The smallest absolute Gasteiger partial charge is 0.234 e. The first kappa shape index (κ1) is 19.8. The third-order valence-corrected chi connectivity index (χ3v) is 6.63. The number of ether oxygens (including phenoxy) is 2. The van der Waals surface area contributed by atoms with Gasteiger partial charge in [0.15, 0.2) is 0 Å². The second kappa shape index (κ2) is 7.24. The summed E-state index contributed by atoms with van der Waals surface area (Å²) in [6.45, 7) is 4.67. The van der Waals surface area contributed by atoms with E-state index < -0.39 is 17.4 Å². The van der Waals surface area contributed by atoms with Gasteiger partial charge < -0.3 is 19.7 Å². The monoisotopic (exact) mass is 418 g/mol. The summed E-state index contributed by atoms with van der Waals surface area (Å²) in [5.74, 6) is -0.179. The van der Waals surface area contributed by atoms with Crippen molar-refractivity contribution in [3.8, 4) is 5.75 Å². The molecule has 160 valence electrons. The van der Waals surface area contributed by atoms with E-state index in [2.05, 4.69) is 19.2 Å². The van der Waals surface area contributed by atoms with Crippen molar-refractivity contribution < 1.29 is 19.1 Å². The van der Waals surface area contributed by atoms with Crippen LogP contribution in [0.5, 0.6) is 5.75 Å². The molecule has 1 N–H and O–H groups in total. The van der Waals surface area contributed by atoms with Crippen molar-refractivity contribution in [3.63, 3.8) is 0 Å². The number of nitrogens with one attached hydrogen (secondary N) is 1. The van der Waals surface area contributed by atoms with Crippen LogP contribution in [0.1, 0.15) is 25.3 Å². The highest BCUT2D eigenvalue weighted by Crippen LogP contribution is 2.52. The van der Waals surface area contributed by atoms with Crippen LogP contribution in [0.3, 0.4) is 0 Å². The molecule has 5 rings (SSSR count). The molecule has 3 heterocycles.